The van der Waals surface area contributed by atoms with Gasteiger partial charge in [-0.05, 0) is 138 Å². The molecule has 356 valence electrons. The third kappa shape index (κ3) is 6.10. The van der Waals surface area contributed by atoms with Crippen LogP contribution in [-0.4, -0.2) is 10.6 Å². The minimum atomic E-state index is -0.474. The smallest absolute Gasteiger partial charge is 0.0714 e. The van der Waals surface area contributed by atoms with Crippen molar-refractivity contribution in [2.45, 2.75) is 18.4 Å². The quantitative estimate of drug-likeness (QED) is 0.161. The van der Waals surface area contributed by atoms with Crippen LogP contribution >= 0.6 is 0 Å². The topological polar surface area (TPSA) is 8.17 Å². The lowest BCUT2D eigenvalue weighted by atomic mass is 9.67. The average Bonchev–Trinajstić information content (AvgIpc) is 4.26. The summed E-state index contributed by atoms with van der Waals surface area (Å²) in [5.41, 5.74) is 28.7. The van der Waals surface area contributed by atoms with Crippen LogP contribution in [0.1, 0.15) is 40.3 Å². The van der Waals surface area contributed by atoms with Crippen molar-refractivity contribution in [3.8, 4) is 61.3 Å². The second-order valence-corrected chi connectivity index (χ2v) is 21.2. The maximum absolute atomic E-state index is 2.67. The molecule has 2 heteroatoms. The van der Waals surface area contributed by atoms with E-state index in [9.17, 15) is 0 Å². The molecule has 0 spiro atoms. The van der Waals surface area contributed by atoms with Crippen molar-refractivity contribution < 1.29 is 0 Å². The highest BCUT2D eigenvalue weighted by atomic mass is 15.2. The molecule has 2 aliphatic carbocycles. The SMILES string of the molecule is CC1C=C(c2ccc(-c3ccc4c(c3)c3ccccc3n4-c3ccc4c(c3)C(c3ccccc3)(c3ccccc3)c3ccccc3-4)cc2)C=C2c3cccc4c3N(c3ccc(-c5ccccc5)cc3-c3ccccc3-4)C21. The molecule has 2 aliphatic heterocycles. The molecular weight excluding hydrogens is 917 g/mol. The molecule has 1 aromatic heterocycles. The molecule has 2 atom stereocenters. The van der Waals surface area contributed by atoms with Crippen molar-refractivity contribution in [1.29, 1.82) is 0 Å². The van der Waals surface area contributed by atoms with Gasteiger partial charge in [0.15, 0.2) is 0 Å². The van der Waals surface area contributed by atoms with E-state index in [-0.39, 0.29) is 12.0 Å². The number of nitrogens with zero attached hydrogens (tertiary/aromatic N) is 2. The number of anilines is 2. The van der Waals surface area contributed by atoms with Crippen LogP contribution in [0.25, 0.3) is 94.3 Å². The molecule has 76 heavy (non-hydrogen) atoms. The maximum atomic E-state index is 2.67. The first-order valence-electron chi connectivity index (χ1n) is 26.8. The zero-order valence-electron chi connectivity index (χ0n) is 42.0. The molecule has 0 bridgehead atoms. The van der Waals surface area contributed by atoms with Crippen LogP contribution in [-0.2, 0) is 5.41 Å². The molecule has 0 radical (unpaired) electrons. The van der Waals surface area contributed by atoms with Gasteiger partial charge in [-0.2, -0.15) is 0 Å². The molecule has 11 aromatic carbocycles. The van der Waals surface area contributed by atoms with Gasteiger partial charge in [-0.1, -0.05) is 231 Å². The van der Waals surface area contributed by atoms with E-state index in [2.05, 4.69) is 289 Å². The van der Waals surface area contributed by atoms with E-state index < -0.39 is 5.41 Å². The minimum absolute atomic E-state index is 0.173. The molecule has 2 unspecified atom stereocenters. The summed E-state index contributed by atoms with van der Waals surface area (Å²) in [5, 5.41) is 2.49. The molecule has 16 rings (SSSR count). The van der Waals surface area contributed by atoms with Gasteiger partial charge in [0.1, 0.15) is 0 Å². The van der Waals surface area contributed by atoms with Crippen LogP contribution in [0.4, 0.5) is 11.4 Å². The largest absolute Gasteiger partial charge is 0.332 e. The van der Waals surface area contributed by atoms with E-state index in [1.54, 1.807) is 0 Å². The second-order valence-electron chi connectivity index (χ2n) is 21.2. The van der Waals surface area contributed by atoms with Gasteiger partial charge in [0.25, 0.3) is 0 Å². The summed E-state index contributed by atoms with van der Waals surface area (Å²) in [6.07, 6.45) is 4.99. The number of fused-ring (bicyclic) bond motifs is 14. The molecular formula is C74H50N2. The van der Waals surface area contributed by atoms with Crippen molar-refractivity contribution >= 4 is 44.3 Å². The Balaban J connectivity index is 0.772. The Morgan fingerprint density at radius 3 is 1.71 bits per heavy atom. The molecule has 2 nitrogen and oxygen atoms in total. The fourth-order valence-electron chi connectivity index (χ4n) is 14.0. The summed E-state index contributed by atoms with van der Waals surface area (Å²) >= 11 is 0. The number of hydrogen-bond acceptors (Lipinski definition) is 1. The lowest BCUT2D eigenvalue weighted by Crippen LogP contribution is -2.33. The Kier molecular flexibility index (Phi) is 9.33. The first kappa shape index (κ1) is 43.0. The first-order valence-corrected chi connectivity index (χ1v) is 26.8. The van der Waals surface area contributed by atoms with E-state index in [1.807, 2.05) is 0 Å². The molecule has 0 saturated heterocycles. The molecule has 0 amide bonds. The van der Waals surface area contributed by atoms with E-state index in [0.29, 0.717) is 0 Å². The maximum Gasteiger partial charge on any atom is 0.0714 e. The van der Waals surface area contributed by atoms with E-state index in [1.165, 1.54) is 133 Å². The fourth-order valence-corrected chi connectivity index (χ4v) is 14.0. The number of rotatable bonds is 6. The van der Waals surface area contributed by atoms with Crippen LogP contribution in [0.2, 0.25) is 0 Å². The van der Waals surface area contributed by atoms with E-state index in [0.717, 1.165) is 5.69 Å². The van der Waals surface area contributed by atoms with Gasteiger partial charge in [0.2, 0.25) is 0 Å². The normalized spacial score (nSPS) is 16.2. The van der Waals surface area contributed by atoms with Gasteiger partial charge < -0.3 is 9.47 Å². The molecule has 3 heterocycles. The van der Waals surface area contributed by atoms with Crippen LogP contribution in [0.15, 0.2) is 273 Å². The Hall–Kier alpha value is -9.50. The Morgan fingerprint density at radius 1 is 0.368 bits per heavy atom. The zero-order valence-corrected chi connectivity index (χ0v) is 42.0. The summed E-state index contributed by atoms with van der Waals surface area (Å²) < 4.78 is 2.48. The zero-order chi connectivity index (χ0) is 50.1. The second kappa shape index (κ2) is 16.5. The van der Waals surface area contributed by atoms with Crippen molar-refractivity contribution in [2.24, 2.45) is 5.92 Å². The van der Waals surface area contributed by atoms with E-state index >= 15 is 0 Å². The molecule has 4 aliphatic rings. The van der Waals surface area contributed by atoms with Gasteiger partial charge in [-0.25, -0.2) is 0 Å². The van der Waals surface area contributed by atoms with Crippen LogP contribution < -0.4 is 4.90 Å². The first-order chi connectivity index (χ1) is 37.6. The predicted octanol–water partition coefficient (Wildman–Crippen LogP) is 18.8. The lowest BCUT2D eigenvalue weighted by Gasteiger charge is -2.35. The average molecular weight is 967 g/mol. The Morgan fingerprint density at radius 2 is 0.934 bits per heavy atom. The summed E-state index contributed by atoms with van der Waals surface area (Å²) in [4.78, 5) is 2.67. The predicted molar refractivity (Wildman–Crippen MR) is 317 cm³/mol. The molecule has 12 aromatic rings. The van der Waals surface area contributed by atoms with Crippen molar-refractivity contribution in [3.05, 3.63) is 306 Å². The Labute approximate surface area is 443 Å². The summed E-state index contributed by atoms with van der Waals surface area (Å²) in [6.45, 7) is 2.41. The Bertz CT molecular complexity index is 4360. The third-order valence-corrected chi connectivity index (χ3v) is 17.2. The molecule has 0 saturated carbocycles. The summed E-state index contributed by atoms with van der Waals surface area (Å²) in [5.74, 6) is 0.256. The summed E-state index contributed by atoms with van der Waals surface area (Å²) in [6, 6.07) is 97.6. The van der Waals surface area contributed by atoms with Gasteiger partial charge in [-0.15, -0.1) is 0 Å². The third-order valence-electron chi connectivity index (χ3n) is 17.2. The monoisotopic (exact) mass is 966 g/mol. The number of hydrogen-bond donors (Lipinski definition) is 0. The lowest BCUT2D eigenvalue weighted by molar-refractivity contribution is 0.639. The number of aromatic nitrogens is 1. The van der Waals surface area contributed by atoms with Crippen molar-refractivity contribution in [3.63, 3.8) is 0 Å². The van der Waals surface area contributed by atoms with Gasteiger partial charge in [0, 0.05) is 38.8 Å². The van der Waals surface area contributed by atoms with Gasteiger partial charge in [0.05, 0.1) is 28.2 Å². The highest BCUT2D eigenvalue weighted by Crippen LogP contribution is 2.60. The number of para-hydroxylation sites is 2. The van der Waals surface area contributed by atoms with Crippen LogP contribution in [0, 0.1) is 5.92 Å². The van der Waals surface area contributed by atoms with E-state index in [4.69, 9.17) is 0 Å². The van der Waals surface area contributed by atoms with Crippen molar-refractivity contribution in [1.82, 2.24) is 4.57 Å². The minimum Gasteiger partial charge on any atom is -0.332 e. The standard InChI is InChI=1S/C74H50N2/c1-47-42-53(45-66-63-29-17-28-62-57-24-11-12-25-58(57)64-43-51(48-18-5-2-6-19-48)37-41-71(64)76(72(47)66)73(62)63)50-34-32-49(33-35-50)52-36-40-70-65(44-52)61-27-14-16-31-69(61)75(70)56-38-39-60-59-26-13-15-30-67(59)74(68(60)46-56,54-20-7-3-8-21-54)55-22-9-4-10-23-55/h2-47,72H,1H3. The van der Waals surface area contributed by atoms with Gasteiger partial charge in [-0.3, -0.25) is 0 Å². The van der Waals surface area contributed by atoms with Crippen molar-refractivity contribution in [2.75, 3.05) is 4.90 Å². The highest BCUT2D eigenvalue weighted by Gasteiger charge is 2.47. The number of allylic oxidation sites excluding steroid dienone is 2. The fraction of sp³-hybridized carbons (Fsp3) is 0.0541. The molecule has 0 N–H and O–H groups in total. The van der Waals surface area contributed by atoms with Crippen LogP contribution in [0.5, 0.6) is 0 Å². The number of benzene rings is 11. The highest BCUT2D eigenvalue weighted by molar-refractivity contribution is 6.12. The summed E-state index contributed by atoms with van der Waals surface area (Å²) in [7, 11) is 0. The molecule has 0 fully saturated rings. The van der Waals surface area contributed by atoms with Crippen LogP contribution in [0.3, 0.4) is 0 Å². The van der Waals surface area contributed by atoms with Gasteiger partial charge >= 0.3 is 0 Å².